The van der Waals surface area contributed by atoms with Crippen molar-refractivity contribution >= 4 is 21.9 Å². The molecule has 1 atom stereocenters. The summed E-state index contributed by atoms with van der Waals surface area (Å²) in [6, 6.07) is 1.81. The van der Waals surface area contributed by atoms with Gasteiger partial charge >= 0.3 is 5.97 Å². The van der Waals surface area contributed by atoms with Crippen molar-refractivity contribution in [2.45, 2.75) is 32.6 Å². The minimum absolute atomic E-state index is 0.582. The maximum atomic E-state index is 11.3. The lowest BCUT2D eigenvalue weighted by Gasteiger charge is -2.20. The zero-order chi connectivity index (χ0) is 14.0. The number of carboxylic acid groups (broad SMARTS) is 1. The summed E-state index contributed by atoms with van der Waals surface area (Å²) in [6.45, 7) is 4.90. The van der Waals surface area contributed by atoms with E-state index in [1.54, 1.807) is 6.92 Å². The Balaban J connectivity index is 2.61. The number of hydrogen-bond acceptors (Lipinski definition) is 3. The molecule has 1 heterocycles. The van der Waals surface area contributed by atoms with Crippen molar-refractivity contribution in [1.29, 1.82) is 0 Å². The van der Waals surface area contributed by atoms with Crippen LogP contribution in [0.3, 0.4) is 0 Å². The van der Waals surface area contributed by atoms with Gasteiger partial charge in [0, 0.05) is 16.5 Å². The van der Waals surface area contributed by atoms with E-state index in [0.29, 0.717) is 31.1 Å². The second kappa shape index (κ2) is 5.82. The molecule has 0 amide bonds. The first-order valence-corrected chi connectivity index (χ1v) is 7.19. The van der Waals surface area contributed by atoms with E-state index in [0.717, 1.165) is 22.0 Å². The Morgan fingerprint density at radius 2 is 2.16 bits per heavy atom. The van der Waals surface area contributed by atoms with Crippen LogP contribution in [0, 0.1) is 0 Å². The van der Waals surface area contributed by atoms with Crippen LogP contribution < -0.4 is 9.47 Å². The van der Waals surface area contributed by atoms with Crippen LogP contribution in [0.2, 0.25) is 0 Å². The highest BCUT2D eigenvalue weighted by Gasteiger charge is 2.26. The van der Waals surface area contributed by atoms with Crippen molar-refractivity contribution in [3.63, 3.8) is 0 Å². The Labute approximate surface area is 120 Å². The normalized spacial score (nSPS) is 15.7. The van der Waals surface area contributed by atoms with Crippen LogP contribution in [0.15, 0.2) is 10.5 Å². The highest BCUT2D eigenvalue weighted by atomic mass is 79.9. The predicted molar refractivity (Wildman–Crippen MR) is 75.2 cm³/mol. The minimum atomic E-state index is -0.843. The van der Waals surface area contributed by atoms with Crippen molar-refractivity contribution in [3.8, 4) is 11.5 Å². The molecule has 0 radical (unpaired) electrons. The molecule has 1 N–H and O–H groups in total. The molecular formula is C14H17BrO4. The standard InChI is InChI=1S/C14H17BrO4/c1-3-9-12(8(2)14(16)17)10(15)7-11-13(9)19-6-4-5-18-11/h7-8H,3-6H2,1-2H3,(H,16,17). The fraction of sp³-hybridized carbons (Fsp3) is 0.500. The van der Waals surface area contributed by atoms with E-state index >= 15 is 0 Å². The number of fused-ring (bicyclic) bond motifs is 1. The Kier molecular flexibility index (Phi) is 4.34. The number of carbonyl (C=O) groups is 1. The van der Waals surface area contributed by atoms with Gasteiger partial charge in [-0.25, -0.2) is 0 Å². The lowest BCUT2D eigenvalue weighted by molar-refractivity contribution is -0.138. The monoisotopic (exact) mass is 328 g/mol. The molecule has 0 spiro atoms. The van der Waals surface area contributed by atoms with Crippen molar-refractivity contribution in [1.82, 2.24) is 0 Å². The van der Waals surface area contributed by atoms with E-state index < -0.39 is 11.9 Å². The third-order valence-corrected chi connectivity index (χ3v) is 3.94. The molecule has 0 bridgehead atoms. The van der Waals surface area contributed by atoms with E-state index in [-0.39, 0.29) is 0 Å². The predicted octanol–water partition coefficient (Wildman–Crippen LogP) is 3.36. The summed E-state index contributed by atoms with van der Waals surface area (Å²) in [5.74, 6) is -0.0276. The summed E-state index contributed by atoms with van der Waals surface area (Å²) < 4.78 is 12.2. The van der Waals surface area contributed by atoms with Gasteiger partial charge in [0.25, 0.3) is 0 Å². The van der Waals surface area contributed by atoms with Crippen LogP contribution in [0.1, 0.15) is 37.3 Å². The smallest absolute Gasteiger partial charge is 0.310 e. The molecule has 0 fully saturated rings. The first-order valence-electron chi connectivity index (χ1n) is 6.40. The lowest BCUT2D eigenvalue weighted by Crippen LogP contribution is -2.12. The third-order valence-electron chi connectivity index (χ3n) is 3.29. The van der Waals surface area contributed by atoms with Gasteiger partial charge in [-0.15, -0.1) is 0 Å². The van der Waals surface area contributed by atoms with Crippen LogP contribution in [-0.2, 0) is 11.2 Å². The number of benzene rings is 1. The molecule has 1 aromatic carbocycles. The maximum absolute atomic E-state index is 11.3. The van der Waals surface area contributed by atoms with Gasteiger partial charge in [-0.05, 0) is 25.0 Å². The molecule has 19 heavy (non-hydrogen) atoms. The lowest BCUT2D eigenvalue weighted by atomic mass is 9.93. The average Bonchev–Trinajstić information content (AvgIpc) is 2.61. The first kappa shape index (κ1) is 14.2. The first-order chi connectivity index (χ1) is 9.06. The molecule has 1 unspecified atom stereocenters. The second-order valence-corrected chi connectivity index (χ2v) is 5.40. The summed E-state index contributed by atoms with van der Waals surface area (Å²) in [5, 5.41) is 9.25. The maximum Gasteiger partial charge on any atom is 0.310 e. The van der Waals surface area contributed by atoms with Crippen LogP contribution in [0.5, 0.6) is 11.5 Å². The van der Waals surface area contributed by atoms with Crippen LogP contribution >= 0.6 is 15.9 Å². The quantitative estimate of drug-likeness (QED) is 0.924. The Morgan fingerprint density at radius 1 is 1.47 bits per heavy atom. The Hall–Kier alpha value is -1.23. The highest BCUT2D eigenvalue weighted by molar-refractivity contribution is 9.10. The molecule has 1 aliphatic heterocycles. The van der Waals surface area contributed by atoms with Gasteiger partial charge in [-0.3, -0.25) is 4.79 Å². The summed E-state index contributed by atoms with van der Waals surface area (Å²) in [5.41, 5.74) is 1.69. The van der Waals surface area contributed by atoms with Crippen LogP contribution in [0.25, 0.3) is 0 Å². The van der Waals surface area contributed by atoms with E-state index in [1.807, 2.05) is 13.0 Å². The van der Waals surface area contributed by atoms with Gasteiger partial charge in [0.05, 0.1) is 19.1 Å². The van der Waals surface area contributed by atoms with E-state index in [4.69, 9.17) is 9.47 Å². The van der Waals surface area contributed by atoms with Gasteiger partial charge < -0.3 is 14.6 Å². The van der Waals surface area contributed by atoms with Crippen molar-refractivity contribution in [2.75, 3.05) is 13.2 Å². The molecule has 1 aromatic rings. The molecule has 0 saturated carbocycles. The minimum Gasteiger partial charge on any atom is -0.490 e. The molecule has 0 saturated heterocycles. The fourth-order valence-electron chi connectivity index (χ4n) is 2.30. The number of aliphatic carboxylic acids is 1. The summed E-state index contributed by atoms with van der Waals surface area (Å²) in [4.78, 5) is 11.3. The van der Waals surface area contributed by atoms with Gasteiger partial charge in [-0.2, -0.15) is 0 Å². The second-order valence-electron chi connectivity index (χ2n) is 4.54. The zero-order valence-electron chi connectivity index (χ0n) is 11.0. The van der Waals surface area contributed by atoms with Gasteiger partial charge in [0.15, 0.2) is 11.5 Å². The topological polar surface area (TPSA) is 55.8 Å². The van der Waals surface area contributed by atoms with Crippen LogP contribution in [0.4, 0.5) is 0 Å². The Morgan fingerprint density at radius 3 is 2.79 bits per heavy atom. The molecule has 5 heteroatoms. The average molecular weight is 329 g/mol. The summed E-state index contributed by atoms with van der Waals surface area (Å²) in [7, 11) is 0. The number of hydrogen-bond donors (Lipinski definition) is 1. The number of rotatable bonds is 3. The number of halogens is 1. The van der Waals surface area contributed by atoms with Gasteiger partial charge in [0.1, 0.15) is 0 Å². The molecule has 0 aliphatic carbocycles. The largest absolute Gasteiger partial charge is 0.490 e. The van der Waals surface area contributed by atoms with Crippen LogP contribution in [-0.4, -0.2) is 24.3 Å². The number of ether oxygens (including phenoxy) is 2. The molecule has 4 nitrogen and oxygen atoms in total. The van der Waals surface area contributed by atoms with Crippen molar-refractivity contribution < 1.29 is 19.4 Å². The summed E-state index contributed by atoms with van der Waals surface area (Å²) in [6.07, 6.45) is 1.54. The third kappa shape index (κ3) is 2.71. The molecular weight excluding hydrogens is 312 g/mol. The number of carboxylic acids is 1. The molecule has 2 rings (SSSR count). The summed E-state index contributed by atoms with van der Waals surface area (Å²) >= 11 is 3.46. The highest BCUT2D eigenvalue weighted by Crippen LogP contribution is 2.42. The van der Waals surface area contributed by atoms with Gasteiger partial charge in [0.2, 0.25) is 0 Å². The zero-order valence-corrected chi connectivity index (χ0v) is 12.6. The van der Waals surface area contributed by atoms with Gasteiger partial charge in [-0.1, -0.05) is 22.9 Å². The van der Waals surface area contributed by atoms with E-state index in [9.17, 15) is 9.90 Å². The molecule has 1 aliphatic rings. The van der Waals surface area contributed by atoms with Crippen molar-refractivity contribution in [2.24, 2.45) is 0 Å². The molecule has 0 aromatic heterocycles. The molecule has 104 valence electrons. The van der Waals surface area contributed by atoms with Crippen molar-refractivity contribution in [3.05, 3.63) is 21.7 Å². The van der Waals surface area contributed by atoms with E-state index in [1.165, 1.54) is 0 Å². The SMILES string of the molecule is CCc1c2c(cc(Br)c1C(C)C(=O)O)OCCCO2. The van der Waals surface area contributed by atoms with E-state index in [2.05, 4.69) is 15.9 Å². The fourth-order valence-corrected chi connectivity index (χ4v) is 3.09. The Bertz CT molecular complexity index is 499.